The topological polar surface area (TPSA) is 79.5 Å². The van der Waals surface area contributed by atoms with E-state index in [2.05, 4.69) is 20.7 Å². The molecular formula is C10H14BrNO4S. The standard InChI is InChI=1S/C10H14BrNO4S/c11-10-9(4-8(6-13)16-10)17(14,15)12-5-7-2-1-3-7/h4,7,12-13H,1-3,5-6H2. The van der Waals surface area contributed by atoms with E-state index in [9.17, 15) is 8.42 Å². The van der Waals surface area contributed by atoms with Gasteiger partial charge in [0.1, 0.15) is 17.3 Å². The molecule has 0 spiro atoms. The molecule has 0 unspecified atom stereocenters. The summed E-state index contributed by atoms with van der Waals surface area (Å²) in [5.74, 6) is 0.675. The van der Waals surface area contributed by atoms with Gasteiger partial charge in [0.25, 0.3) is 0 Å². The number of aliphatic hydroxyl groups is 1. The summed E-state index contributed by atoms with van der Waals surface area (Å²) in [6.45, 7) is 0.144. The van der Waals surface area contributed by atoms with Gasteiger partial charge in [-0.1, -0.05) is 6.42 Å². The highest BCUT2D eigenvalue weighted by Crippen LogP contribution is 2.28. The molecule has 1 fully saturated rings. The molecule has 1 aliphatic carbocycles. The lowest BCUT2D eigenvalue weighted by Crippen LogP contribution is -2.32. The summed E-state index contributed by atoms with van der Waals surface area (Å²) < 4.78 is 31.6. The second-order valence-corrected chi connectivity index (χ2v) is 6.61. The Morgan fingerprint density at radius 1 is 1.53 bits per heavy atom. The molecule has 1 heterocycles. The second-order valence-electron chi connectivity index (χ2n) is 4.16. The van der Waals surface area contributed by atoms with Gasteiger partial charge < -0.3 is 9.52 Å². The smallest absolute Gasteiger partial charge is 0.244 e. The van der Waals surface area contributed by atoms with Crippen molar-refractivity contribution >= 4 is 26.0 Å². The van der Waals surface area contributed by atoms with Gasteiger partial charge in [-0.2, -0.15) is 0 Å². The molecular weight excluding hydrogens is 310 g/mol. The Labute approximate surface area is 108 Å². The van der Waals surface area contributed by atoms with E-state index in [1.807, 2.05) is 0 Å². The zero-order chi connectivity index (χ0) is 12.5. The molecule has 0 amide bonds. The van der Waals surface area contributed by atoms with E-state index in [4.69, 9.17) is 9.52 Å². The van der Waals surface area contributed by atoms with Crippen molar-refractivity contribution in [2.24, 2.45) is 5.92 Å². The predicted octanol–water partition coefficient (Wildman–Crippen LogP) is 1.61. The van der Waals surface area contributed by atoms with Gasteiger partial charge >= 0.3 is 0 Å². The molecule has 2 N–H and O–H groups in total. The molecule has 7 heteroatoms. The van der Waals surface area contributed by atoms with Crippen LogP contribution in [0.2, 0.25) is 0 Å². The molecule has 0 radical (unpaired) electrons. The minimum absolute atomic E-state index is 0.0425. The van der Waals surface area contributed by atoms with Crippen molar-refractivity contribution in [1.82, 2.24) is 4.72 Å². The van der Waals surface area contributed by atoms with Crippen molar-refractivity contribution in [2.45, 2.75) is 30.8 Å². The Morgan fingerprint density at radius 3 is 2.71 bits per heavy atom. The van der Waals surface area contributed by atoms with E-state index in [0.29, 0.717) is 12.5 Å². The van der Waals surface area contributed by atoms with Gasteiger partial charge in [-0.15, -0.1) is 0 Å². The van der Waals surface area contributed by atoms with Crippen molar-refractivity contribution in [3.63, 3.8) is 0 Å². The third-order valence-corrected chi connectivity index (χ3v) is 5.22. The Hall–Kier alpha value is -0.370. The van der Waals surface area contributed by atoms with E-state index in [0.717, 1.165) is 12.8 Å². The van der Waals surface area contributed by atoms with Gasteiger partial charge in [0.2, 0.25) is 10.0 Å². The first-order valence-corrected chi connectivity index (χ1v) is 7.69. The van der Waals surface area contributed by atoms with Crippen LogP contribution >= 0.6 is 15.9 Å². The molecule has 96 valence electrons. The fraction of sp³-hybridized carbons (Fsp3) is 0.600. The van der Waals surface area contributed by atoms with Crippen LogP contribution in [0.3, 0.4) is 0 Å². The summed E-state index contributed by atoms with van der Waals surface area (Å²) in [6.07, 6.45) is 3.34. The van der Waals surface area contributed by atoms with Crippen LogP contribution < -0.4 is 4.72 Å². The number of halogens is 1. The number of rotatable bonds is 5. The first kappa shape index (κ1) is 13.1. The van der Waals surface area contributed by atoms with Gasteiger partial charge in [0.05, 0.1) is 0 Å². The summed E-state index contributed by atoms with van der Waals surface area (Å²) in [6, 6.07) is 1.33. The van der Waals surface area contributed by atoms with Crippen LogP contribution in [0.15, 0.2) is 20.0 Å². The number of nitrogens with one attached hydrogen (secondary N) is 1. The third-order valence-electron chi connectivity index (χ3n) is 2.94. The molecule has 0 bridgehead atoms. The maximum atomic E-state index is 11.9. The van der Waals surface area contributed by atoms with Crippen molar-refractivity contribution in [1.29, 1.82) is 0 Å². The number of aliphatic hydroxyl groups excluding tert-OH is 1. The SMILES string of the molecule is O=S(=O)(NCC1CCC1)c1cc(CO)oc1Br. The van der Waals surface area contributed by atoms with Crippen molar-refractivity contribution in [3.05, 3.63) is 16.5 Å². The lowest BCUT2D eigenvalue weighted by atomic mass is 9.86. The monoisotopic (exact) mass is 323 g/mol. The summed E-state index contributed by atoms with van der Waals surface area (Å²) in [4.78, 5) is 0.0425. The average Bonchev–Trinajstić information content (AvgIpc) is 2.58. The van der Waals surface area contributed by atoms with Crippen LogP contribution in [0.4, 0.5) is 0 Å². The molecule has 0 aromatic carbocycles. The number of hydrogen-bond acceptors (Lipinski definition) is 4. The second kappa shape index (κ2) is 5.09. The van der Waals surface area contributed by atoms with Crippen molar-refractivity contribution < 1.29 is 17.9 Å². The quantitative estimate of drug-likeness (QED) is 0.862. The number of furan rings is 1. The normalized spacial score (nSPS) is 17.1. The molecule has 0 atom stereocenters. The van der Waals surface area contributed by atoms with Gasteiger partial charge in [-0.25, -0.2) is 13.1 Å². The number of sulfonamides is 1. The maximum absolute atomic E-state index is 11.9. The first-order valence-electron chi connectivity index (χ1n) is 5.41. The van der Waals surface area contributed by atoms with E-state index in [1.165, 1.54) is 12.5 Å². The first-order chi connectivity index (χ1) is 8.03. The van der Waals surface area contributed by atoms with E-state index < -0.39 is 10.0 Å². The highest BCUT2D eigenvalue weighted by molar-refractivity contribution is 9.10. The van der Waals surface area contributed by atoms with Crippen molar-refractivity contribution in [2.75, 3.05) is 6.54 Å². The van der Waals surface area contributed by atoms with Gasteiger partial charge in [-0.05, 0) is 34.7 Å². The Balaban J connectivity index is 2.09. The highest BCUT2D eigenvalue weighted by atomic mass is 79.9. The Kier molecular flexibility index (Phi) is 3.92. The molecule has 1 aromatic heterocycles. The van der Waals surface area contributed by atoms with Crippen LogP contribution in [-0.2, 0) is 16.6 Å². The van der Waals surface area contributed by atoms with E-state index in [1.54, 1.807) is 0 Å². The fourth-order valence-corrected chi connectivity index (χ4v) is 3.77. The van der Waals surface area contributed by atoms with Crippen molar-refractivity contribution in [3.8, 4) is 0 Å². The van der Waals surface area contributed by atoms with E-state index >= 15 is 0 Å². The summed E-state index contributed by atoms with van der Waals surface area (Å²) in [5, 5.41) is 8.88. The van der Waals surface area contributed by atoms with Crippen LogP contribution in [0.1, 0.15) is 25.0 Å². The minimum Gasteiger partial charge on any atom is -0.450 e. The number of hydrogen-bond donors (Lipinski definition) is 2. The maximum Gasteiger partial charge on any atom is 0.244 e. The van der Waals surface area contributed by atoms with Crippen LogP contribution in [-0.4, -0.2) is 20.1 Å². The summed E-state index contributed by atoms with van der Waals surface area (Å²) in [7, 11) is -3.55. The predicted molar refractivity (Wildman–Crippen MR) is 64.9 cm³/mol. The zero-order valence-corrected chi connectivity index (χ0v) is 11.6. The summed E-state index contributed by atoms with van der Waals surface area (Å²) in [5.41, 5.74) is 0. The summed E-state index contributed by atoms with van der Waals surface area (Å²) >= 11 is 3.03. The zero-order valence-electron chi connectivity index (χ0n) is 9.15. The van der Waals surface area contributed by atoms with Gasteiger partial charge in [0, 0.05) is 12.6 Å². The average molecular weight is 324 g/mol. The van der Waals surface area contributed by atoms with Gasteiger partial charge in [-0.3, -0.25) is 0 Å². The van der Waals surface area contributed by atoms with Crippen LogP contribution in [0.25, 0.3) is 0 Å². The highest BCUT2D eigenvalue weighted by Gasteiger charge is 2.25. The molecule has 0 aliphatic heterocycles. The third kappa shape index (κ3) is 2.90. The van der Waals surface area contributed by atoms with Gasteiger partial charge in [0.15, 0.2) is 4.67 Å². The lowest BCUT2D eigenvalue weighted by molar-refractivity contribution is 0.245. The molecule has 1 aromatic rings. The Morgan fingerprint density at radius 2 is 2.24 bits per heavy atom. The molecule has 1 saturated carbocycles. The largest absolute Gasteiger partial charge is 0.450 e. The molecule has 0 saturated heterocycles. The Bertz CT molecular complexity index is 492. The van der Waals surface area contributed by atoms with E-state index in [-0.39, 0.29) is 21.9 Å². The fourth-order valence-electron chi connectivity index (χ4n) is 1.66. The van der Waals surface area contributed by atoms with Crippen LogP contribution in [0.5, 0.6) is 0 Å². The molecule has 17 heavy (non-hydrogen) atoms. The van der Waals surface area contributed by atoms with Crippen LogP contribution in [0, 0.1) is 5.92 Å². The minimum atomic E-state index is -3.55. The molecule has 2 rings (SSSR count). The lowest BCUT2D eigenvalue weighted by Gasteiger charge is -2.25. The molecule has 1 aliphatic rings. The molecule has 5 nitrogen and oxygen atoms in total.